The molecule has 0 fully saturated rings. The smallest absolute Gasteiger partial charge is 0.169 e. The Hall–Kier alpha value is -2.59. The maximum atomic E-state index is 11.6. The molecule has 1 aliphatic heterocycles. The topological polar surface area (TPSA) is 41.8 Å². The number of nitrogens with zero attached hydrogens (tertiary/aromatic N) is 2. The Morgan fingerprint density at radius 3 is 2.88 bits per heavy atom. The van der Waals surface area contributed by atoms with Crippen LogP contribution in [0.25, 0.3) is 22.9 Å². The molecule has 1 aromatic heterocycles. The SMILES string of the molecule is CC(=O)c1ccc(C2=Cc3cccc4c3=C(C3=NC=NC=43)C2C)s1. The van der Waals surface area contributed by atoms with E-state index in [1.807, 2.05) is 6.07 Å². The number of carbonyl (C=O) groups is 1. The van der Waals surface area contributed by atoms with E-state index in [0.717, 1.165) is 21.2 Å². The van der Waals surface area contributed by atoms with Crippen molar-refractivity contribution < 1.29 is 4.79 Å². The van der Waals surface area contributed by atoms with Gasteiger partial charge in [-0.05, 0) is 47.1 Å². The number of thiophene rings is 1. The van der Waals surface area contributed by atoms with Crippen molar-refractivity contribution in [2.75, 3.05) is 0 Å². The molecule has 2 aliphatic carbocycles. The van der Waals surface area contributed by atoms with Gasteiger partial charge < -0.3 is 0 Å². The first-order chi connectivity index (χ1) is 11.6. The van der Waals surface area contributed by atoms with Gasteiger partial charge in [-0.1, -0.05) is 25.1 Å². The highest BCUT2D eigenvalue weighted by Crippen LogP contribution is 2.39. The van der Waals surface area contributed by atoms with Crippen molar-refractivity contribution in [3.8, 4) is 0 Å². The van der Waals surface area contributed by atoms with E-state index in [9.17, 15) is 4.79 Å². The first-order valence-corrected chi connectivity index (χ1v) is 8.78. The minimum atomic E-state index is 0.121. The lowest BCUT2D eigenvalue weighted by atomic mass is 9.83. The van der Waals surface area contributed by atoms with Gasteiger partial charge in [0.25, 0.3) is 0 Å². The van der Waals surface area contributed by atoms with Gasteiger partial charge in [0.15, 0.2) is 5.78 Å². The molecular weight excluding hydrogens is 316 g/mol. The Balaban J connectivity index is 1.76. The van der Waals surface area contributed by atoms with Crippen molar-refractivity contribution in [3.05, 3.63) is 56.1 Å². The summed E-state index contributed by atoms with van der Waals surface area (Å²) in [7, 11) is 0. The number of benzene rings is 1. The zero-order chi connectivity index (χ0) is 16.4. The third kappa shape index (κ3) is 1.69. The molecule has 0 saturated heterocycles. The van der Waals surface area contributed by atoms with Crippen molar-refractivity contribution in [2.45, 2.75) is 13.8 Å². The molecule has 3 nitrogen and oxygen atoms in total. The van der Waals surface area contributed by atoms with Crippen LogP contribution in [0.4, 0.5) is 0 Å². The Labute approximate surface area is 143 Å². The number of hydrogen-bond acceptors (Lipinski definition) is 4. The molecule has 0 bridgehead atoms. The summed E-state index contributed by atoms with van der Waals surface area (Å²) in [4.78, 5) is 22.6. The van der Waals surface area contributed by atoms with Crippen LogP contribution >= 0.6 is 11.3 Å². The molecule has 4 heteroatoms. The van der Waals surface area contributed by atoms with Crippen molar-refractivity contribution in [1.29, 1.82) is 0 Å². The normalized spacial score (nSPS) is 20.0. The van der Waals surface area contributed by atoms with E-state index in [4.69, 9.17) is 0 Å². The molecule has 24 heavy (non-hydrogen) atoms. The maximum Gasteiger partial charge on any atom is 0.169 e. The molecule has 3 aliphatic rings. The van der Waals surface area contributed by atoms with Crippen molar-refractivity contribution in [2.24, 2.45) is 15.9 Å². The van der Waals surface area contributed by atoms with Gasteiger partial charge in [-0.2, -0.15) is 0 Å². The molecule has 0 N–H and O–H groups in total. The molecule has 116 valence electrons. The van der Waals surface area contributed by atoms with Crippen LogP contribution in [-0.4, -0.2) is 17.8 Å². The van der Waals surface area contributed by atoms with E-state index in [0.29, 0.717) is 0 Å². The van der Waals surface area contributed by atoms with Crippen LogP contribution in [0.5, 0.6) is 0 Å². The lowest BCUT2D eigenvalue weighted by molar-refractivity contribution is 0.102. The van der Waals surface area contributed by atoms with Crippen LogP contribution < -0.4 is 10.4 Å². The third-order valence-corrected chi connectivity index (χ3v) is 6.16. The van der Waals surface area contributed by atoms with Crippen LogP contribution in [0.15, 0.2) is 40.3 Å². The maximum absolute atomic E-state index is 11.6. The molecule has 0 spiro atoms. The summed E-state index contributed by atoms with van der Waals surface area (Å²) in [5, 5.41) is 2.47. The molecule has 0 amide bonds. The van der Waals surface area contributed by atoms with Crippen LogP contribution in [0.3, 0.4) is 0 Å². The molecular formula is C20H14N2OS. The lowest BCUT2D eigenvalue weighted by Crippen LogP contribution is -2.30. The second kappa shape index (κ2) is 4.71. The first-order valence-electron chi connectivity index (χ1n) is 7.96. The van der Waals surface area contributed by atoms with Crippen LogP contribution in [0.2, 0.25) is 0 Å². The van der Waals surface area contributed by atoms with Gasteiger partial charge in [0.05, 0.1) is 16.3 Å². The summed E-state index contributed by atoms with van der Waals surface area (Å²) >= 11 is 1.57. The van der Waals surface area contributed by atoms with Gasteiger partial charge in [0.2, 0.25) is 0 Å². The lowest BCUT2D eigenvalue weighted by Gasteiger charge is -2.22. The first kappa shape index (κ1) is 13.8. The molecule has 1 atom stereocenters. The minimum absolute atomic E-state index is 0.121. The van der Waals surface area contributed by atoms with Gasteiger partial charge in [-0.25, -0.2) is 9.98 Å². The fourth-order valence-electron chi connectivity index (χ4n) is 3.80. The summed E-state index contributed by atoms with van der Waals surface area (Å²) in [6, 6.07) is 10.3. The standard InChI is InChI=1S/C20H14N2OS/c1-10-14(16-7-6-15(24-16)11(2)23)8-12-4-3-5-13-18(12)17(10)20-19(13)21-9-22-20/h3-10H,1-2H3. The molecule has 1 aromatic carbocycles. The number of aliphatic imine (C=N–C) groups is 2. The van der Waals surface area contributed by atoms with Crippen LogP contribution in [-0.2, 0) is 0 Å². The van der Waals surface area contributed by atoms with E-state index in [-0.39, 0.29) is 11.7 Å². The van der Waals surface area contributed by atoms with Crippen LogP contribution in [0, 0.1) is 5.92 Å². The van der Waals surface area contributed by atoms with Crippen molar-refractivity contribution in [1.82, 2.24) is 0 Å². The predicted octanol–water partition coefficient (Wildman–Crippen LogP) is 2.90. The summed E-state index contributed by atoms with van der Waals surface area (Å²) in [6.45, 7) is 3.84. The number of allylic oxidation sites excluding steroid dienone is 1. The Bertz CT molecular complexity index is 1140. The zero-order valence-electron chi connectivity index (χ0n) is 13.3. The Kier molecular flexibility index (Phi) is 2.71. The highest BCUT2D eigenvalue weighted by molar-refractivity contribution is 7.15. The second-order valence-corrected chi connectivity index (χ2v) is 7.38. The van der Waals surface area contributed by atoms with Gasteiger partial charge in [-0.3, -0.25) is 4.79 Å². The summed E-state index contributed by atoms with van der Waals surface area (Å²) in [6.07, 6.45) is 3.91. The fraction of sp³-hybridized carbons (Fsp3) is 0.150. The van der Waals surface area contributed by atoms with E-state index in [2.05, 4.69) is 47.3 Å². The van der Waals surface area contributed by atoms with Crippen molar-refractivity contribution >= 4 is 52.1 Å². The fourth-order valence-corrected chi connectivity index (χ4v) is 4.81. The number of carbonyl (C=O) groups excluding carboxylic acids is 1. The summed E-state index contributed by atoms with van der Waals surface area (Å²) in [5.41, 5.74) is 5.75. The average Bonchev–Trinajstić information content (AvgIpc) is 3.27. The van der Waals surface area contributed by atoms with Gasteiger partial charge >= 0.3 is 0 Å². The van der Waals surface area contributed by atoms with Gasteiger partial charge in [0, 0.05) is 16.0 Å². The van der Waals surface area contributed by atoms with Crippen molar-refractivity contribution in [3.63, 3.8) is 0 Å². The molecule has 2 heterocycles. The highest BCUT2D eigenvalue weighted by atomic mass is 32.1. The van der Waals surface area contributed by atoms with E-state index in [1.54, 1.807) is 24.6 Å². The predicted molar refractivity (Wildman–Crippen MR) is 99.8 cm³/mol. The van der Waals surface area contributed by atoms with Gasteiger partial charge in [0.1, 0.15) is 6.34 Å². The van der Waals surface area contributed by atoms with Gasteiger partial charge in [-0.15, -0.1) is 11.3 Å². The van der Waals surface area contributed by atoms with E-state index < -0.39 is 0 Å². The number of rotatable bonds is 2. The molecule has 0 radical (unpaired) electrons. The van der Waals surface area contributed by atoms with E-state index in [1.165, 1.54) is 27.1 Å². The Morgan fingerprint density at radius 2 is 2.08 bits per heavy atom. The minimum Gasteiger partial charge on any atom is -0.294 e. The average molecular weight is 330 g/mol. The molecule has 5 rings (SSSR count). The number of ketones is 1. The third-order valence-electron chi connectivity index (χ3n) is 4.92. The molecule has 2 aromatic rings. The summed E-state index contributed by atoms with van der Waals surface area (Å²) in [5.74, 6) is 0.353. The largest absolute Gasteiger partial charge is 0.294 e. The quantitative estimate of drug-likeness (QED) is 0.781. The zero-order valence-corrected chi connectivity index (χ0v) is 14.1. The number of fused-ring (bicyclic) bond motifs is 2. The molecule has 0 saturated carbocycles. The summed E-state index contributed by atoms with van der Waals surface area (Å²) < 4.78 is 0. The molecule has 1 unspecified atom stereocenters. The second-order valence-electron chi connectivity index (χ2n) is 6.30. The highest BCUT2D eigenvalue weighted by Gasteiger charge is 2.33. The van der Waals surface area contributed by atoms with Crippen LogP contribution in [0.1, 0.15) is 34.0 Å². The number of Topliss-reactive ketones (excluding diaryl/α,β-unsaturated/α-hetero) is 1. The monoisotopic (exact) mass is 330 g/mol. The number of hydrogen-bond donors (Lipinski definition) is 0. The Morgan fingerprint density at radius 1 is 1.21 bits per heavy atom. The van der Waals surface area contributed by atoms with E-state index >= 15 is 0 Å².